The summed E-state index contributed by atoms with van der Waals surface area (Å²) in [7, 11) is 0. The Bertz CT molecular complexity index is 745. The van der Waals surface area contributed by atoms with E-state index in [4.69, 9.17) is 9.47 Å². The van der Waals surface area contributed by atoms with Crippen molar-refractivity contribution in [1.29, 1.82) is 0 Å². The van der Waals surface area contributed by atoms with Crippen molar-refractivity contribution in [2.45, 2.75) is 132 Å². The normalized spacial score (nSPS) is 22.3. The number of carbonyl (C=O) groups excluding carboxylic acids is 4. The Morgan fingerprint density at radius 1 is 0.500 bits per heavy atom. The number of carbonyl (C=O) groups is 4. The average Bonchev–Trinajstić information content (AvgIpc) is 2.92. The Labute approximate surface area is 250 Å². The summed E-state index contributed by atoms with van der Waals surface area (Å²) in [5, 5.41) is 0. The lowest BCUT2D eigenvalue weighted by atomic mass is 9.72. The summed E-state index contributed by atoms with van der Waals surface area (Å²) in [6.07, 6.45) is 4.17. The molecule has 0 aromatic heterocycles. The van der Waals surface area contributed by atoms with Crippen molar-refractivity contribution in [3.05, 3.63) is 0 Å². The molecule has 0 atom stereocenters. The monoisotopic (exact) mass is 604 g/mol. The summed E-state index contributed by atoms with van der Waals surface area (Å²) in [5.74, 6) is 1.26. The van der Waals surface area contributed by atoms with Crippen LogP contribution in [0.3, 0.4) is 0 Å². The summed E-state index contributed by atoms with van der Waals surface area (Å²) in [5.41, 5.74) is 0.536. The molecule has 0 radical (unpaired) electrons. The summed E-state index contributed by atoms with van der Waals surface area (Å²) in [6, 6.07) is 0. The van der Waals surface area contributed by atoms with Crippen LogP contribution in [-0.4, -0.2) is 50.0 Å². The fourth-order valence-electron chi connectivity index (χ4n) is 4.96. The van der Waals surface area contributed by atoms with Gasteiger partial charge in [-0.15, -0.1) is 0 Å². The molecule has 0 aromatic rings. The second kappa shape index (κ2) is 18.6. The molecule has 0 saturated heterocycles. The fraction of sp³-hybridized carbons (Fsp3) is 0.867. The van der Waals surface area contributed by atoms with Crippen LogP contribution >= 0.6 is 0 Å². The molecular formula is C30H52O12. The highest BCUT2D eigenvalue weighted by Gasteiger charge is 2.33. The molecule has 2 fully saturated rings. The molecule has 0 amide bonds. The lowest BCUT2D eigenvalue weighted by Crippen LogP contribution is -2.31. The minimum atomic E-state index is -1.06. The predicted octanol–water partition coefficient (Wildman–Crippen LogP) is 8.45. The molecule has 12 heteroatoms. The van der Waals surface area contributed by atoms with Gasteiger partial charge in [-0.25, -0.2) is 0 Å². The van der Waals surface area contributed by atoms with Gasteiger partial charge in [0, 0.05) is 0 Å². The number of hydrogen-bond donors (Lipinski definition) is 0. The van der Waals surface area contributed by atoms with Gasteiger partial charge in [-0.3, -0.25) is 0 Å². The summed E-state index contributed by atoms with van der Waals surface area (Å²) < 4.78 is 19.4. The van der Waals surface area contributed by atoms with Gasteiger partial charge in [0.15, 0.2) is 0 Å². The van der Waals surface area contributed by atoms with Crippen LogP contribution in [0.1, 0.15) is 120 Å². The van der Waals surface area contributed by atoms with Crippen LogP contribution in [0.5, 0.6) is 0 Å². The quantitative estimate of drug-likeness (QED) is 0.124. The average molecular weight is 605 g/mol. The SMILES string of the molecule is CC(C)(C)C1CCC(OC(=O)OOC(=O)OC2CCC(C(C)(C)C)CC2)CC1.CCCOC(=O)OOC(=O)OCCC. The van der Waals surface area contributed by atoms with Gasteiger partial charge in [0.1, 0.15) is 12.2 Å². The van der Waals surface area contributed by atoms with E-state index in [2.05, 4.69) is 70.6 Å². The van der Waals surface area contributed by atoms with Crippen LogP contribution in [0.4, 0.5) is 19.2 Å². The van der Waals surface area contributed by atoms with Gasteiger partial charge < -0.3 is 18.9 Å². The maximum absolute atomic E-state index is 11.8. The van der Waals surface area contributed by atoms with Gasteiger partial charge in [0.2, 0.25) is 0 Å². The topological polar surface area (TPSA) is 142 Å². The molecule has 2 saturated carbocycles. The van der Waals surface area contributed by atoms with E-state index < -0.39 is 24.6 Å². The number of hydrogen-bond acceptors (Lipinski definition) is 12. The van der Waals surface area contributed by atoms with E-state index >= 15 is 0 Å². The molecule has 0 bridgehead atoms. The lowest BCUT2D eigenvalue weighted by Gasteiger charge is -2.36. The minimum Gasteiger partial charge on any atom is -0.432 e. The maximum atomic E-state index is 11.8. The zero-order valence-electron chi connectivity index (χ0n) is 26.7. The number of rotatable bonds is 6. The Balaban J connectivity index is 0.000000532. The predicted molar refractivity (Wildman–Crippen MR) is 151 cm³/mol. The molecule has 244 valence electrons. The van der Waals surface area contributed by atoms with Crippen LogP contribution in [0, 0.1) is 22.7 Å². The van der Waals surface area contributed by atoms with Gasteiger partial charge in [-0.05, 0) is 86.9 Å². The van der Waals surface area contributed by atoms with Crippen molar-refractivity contribution in [1.82, 2.24) is 0 Å². The van der Waals surface area contributed by atoms with Crippen molar-refractivity contribution >= 4 is 24.6 Å². The molecule has 2 rings (SSSR count). The molecule has 12 nitrogen and oxygen atoms in total. The van der Waals surface area contributed by atoms with E-state index in [1.807, 2.05) is 13.8 Å². The third kappa shape index (κ3) is 15.9. The van der Waals surface area contributed by atoms with E-state index in [9.17, 15) is 19.2 Å². The van der Waals surface area contributed by atoms with Crippen LogP contribution in [-0.2, 0) is 38.5 Å². The molecular weight excluding hydrogens is 552 g/mol. The fourth-order valence-corrected chi connectivity index (χ4v) is 4.96. The van der Waals surface area contributed by atoms with E-state index in [1.54, 1.807) is 0 Å². The second-order valence-electron chi connectivity index (χ2n) is 12.9. The molecule has 42 heavy (non-hydrogen) atoms. The summed E-state index contributed by atoms with van der Waals surface area (Å²) in [4.78, 5) is 61.6. The highest BCUT2D eigenvalue weighted by molar-refractivity contribution is 5.64. The summed E-state index contributed by atoms with van der Waals surface area (Å²) >= 11 is 0. The van der Waals surface area contributed by atoms with E-state index in [1.165, 1.54) is 0 Å². The van der Waals surface area contributed by atoms with Gasteiger partial charge in [-0.2, -0.15) is 38.7 Å². The Kier molecular flexibility index (Phi) is 16.4. The molecule has 2 aliphatic rings. The van der Waals surface area contributed by atoms with Crippen LogP contribution in [0.2, 0.25) is 0 Å². The number of ether oxygens (including phenoxy) is 4. The van der Waals surface area contributed by atoms with E-state index in [0.29, 0.717) is 24.7 Å². The third-order valence-electron chi connectivity index (χ3n) is 7.53. The molecule has 0 spiro atoms. The van der Waals surface area contributed by atoms with E-state index in [0.717, 1.165) is 51.4 Å². The zero-order chi connectivity index (χ0) is 31.8. The van der Waals surface area contributed by atoms with Crippen molar-refractivity contribution in [3.8, 4) is 0 Å². The molecule has 0 aliphatic heterocycles. The van der Waals surface area contributed by atoms with Gasteiger partial charge in [-0.1, -0.05) is 55.4 Å². The Morgan fingerprint density at radius 2 is 0.786 bits per heavy atom. The van der Waals surface area contributed by atoms with Crippen molar-refractivity contribution < 1.29 is 57.7 Å². The smallest absolute Gasteiger partial charge is 0.432 e. The Hall–Kier alpha value is -2.92. The third-order valence-corrected chi connectivity index (χ3v) is 7.53. The van der Waals surface area contributed by atoms with Crippen LogP contribution < -0.4 is 0 Å². The standard InChI is InChI=1S/C22H38O6.C8H14O6/c1-21(2,3)15-7-11-17(12-8-15)25-19(23)27-28-20(24)26-18-13-9-16(10-14-18)22(4,5)6;1-3-5-11-7(9)13-14-8(10)12-6-4-2/h15-18H,7-14H2,1-6H3;3-6H2,1-2H3. The molecule has 0 N–H and O–H groups in total. The second-order valence-corrected chi connectivity index (χ2v) is 12.9. The van der Waals surface area contributed by atoms with Gasteiger partial charge in [0.05, 0.1) is 13.2 Å². The largest absolute Gasteiger partial charge is 0.550 e. The molecule has 0 heterocycles. The first-order chi connectivity index (χ1) is 19.6. The van der Waals surface area contributed by atoms with Gasteiger partial charge >= 0.3 is 24.6 Å². The Morgan fingerprint density at radius 3 is 1.05 bits per heavy atom. The van der Waals surface area contributed by atoms with E-state index in [-0.39, 0.29) is 36.3 Å². The van der Waals surface area contributed by atoms with Crippen molar-refractivity contribution in [2.24, 2.45) is 22.7 Å². The van der Waals surface area contributed by atoms with Crippen molar-refractivity contribution in [2.75, 3.05) is 13.2 Å². The van der Waals surface area contributed by atoms with Crippen LogP contribution in [0.25, 0.3) is 0 Å². The first-order valence-electron chi connectivity index (χ1n) is 15.1. The molecule has 2 aliphatic carbocycles. The molecule has 0 aromatic carbocycles. The lowest BCUT2D eigenvalue weighted by molar-refractivity contribution is -0.227. The highest BCUT2D eigenvalue weighted by Crippen LogP contribution is 2.39. The van der Waals surface area contributed by atoms with Crippen molar-refractivity contribution in [3.63, 3.8) is 0 Å². The maximum Gasteiger partial charge on any atom is 0.550 e. The first kappa shape index (κ1) is 37.1. The van der Waals surface area contributed by atoms with Gasteiger partial charge in [0.25, 0.3) is 0 Å². The summed E-state index contributed by atoms with van der Waals surface area (Å²) in [6.45, 7) is 17.5. The van der Waals surface area contributed by atoms with Crippen LogP contribution in [0.15, 0.2) is 0 Å². The highest BCUT2D eigenvalue weighted by atomic mass is 17.3. The first-order valence-corrected chi connectivity index (χ1v) is 15.1. The minimum absolute atomic E-state index is 0.182. The molecule has 0 unspecified atom stereocenters. The zero-order valence-corrected chi connectivity index (χ0v) is 26.7.